The van der Waals surface area contributed by atoms with E-state index in [9.17, 15) is 9.90 Å². The molecule has 0 radical (unpaired) electrons. The molecule has 0 aliphatic carbocycles. The molecule has 2 heterocycles. The third-order valence-corrected chi connectivity index (χ3v) is 2.78. The van der Waals surface area contributed by atoms with Crippen molar-refractivity contribution in [3.8, 4) is 0 Å². The Morgan fingerprint density at radius 1 is 1.47 bits per heavy atom. The van der Waals surface area contributed by atoms with Gasteiger partial charge in [0.1, 0.15) is 11.9 Å². The maximum atomic E-state index is 11.3. The second kappa shape index (κ2) is 5.05. The molecule has 0 saturated carbocycles. The molecule has 7 nitrogen and oxygen atoms in total. The van der Waals surface area contributed by atoms with Gasteiger partial charge in [-0.2, -0.15) is 0 Å². The van der Waals surface area contributed by atoms with E-state index >= 15 is 0 Å². The summed E-state index contributed by atoms with van der Waals surface area (Å²) in [6, 6.07) is 1.72. The Bertz CT molecular complexity index is 621. The number of anilines is 1. The van der Waals surface area contributed by atoms with E-state index in [1.165, 1.54) is 0 Å². The van der Waals surface area contributed by atoms with Crippen LogP contribution >= 0.6 is 0 Å². The lowest BCUT2D eigenvalue weighted by molar-refractivity contribution is 0.0696. The van der Waals surface area contributed by atoms with Crippen LogP contribution in [0.15, 0.2) is 12.4 Å². The molecule has 2 aromatic rings. The molecule has 0 aromatic carbocycles. The SMILES string of the molecule is Cc1cc(NCc2nncn2C)c(C(=O)O)c(C)n1. The highest BCUT2D eigenvalue weighted by atomic mass is 16.4. The van der Waals surface area contributed by atoms with Crippen molar-refractivity contribution in [2.45, 2.75) is 20.4 Å². The van der Waals surface area contributed by atoms with Crippen LogP contribution in [0.5, 0.6) is 0 Å². The molecule has 100 valence electrons. The first-order chi connectivity index (χ1) is 8.99. The highest BCUT2D eigenvalue weighted by Gasteiger charge is 2.15. The summed E-state index contributed by atoms with van der Waals surface area (Å²) in [6.45, 7) is 3.91. The molecule has 19 heavy (non-hydrogen) atoms. The lowest BCUT2D eigenvalue weighted by Gasteiger charge is -2.12. The van der Waals surface area contributed by atoms with Gasteiger partial charge in [0.2, 0.25) is 0 Å². The average molecular weight is 261 g/mol. The zero-order chi connectivity index (χ0) is 14.0. The largest absolute Gasteiger partial charge is 0.478 e. The van der Waals surface area contributed by atoms with Crippen LogP contribution in [0.2, 0.25) is 0 Å². The van der Waals surface area contributed by atoms with E-state index in [4.69, 9.17) is 0 Å². The summed E-state index contributed by atoms with van der Waals surface area (Å²) >= 11 is 0. The normalized spacial score (nSPS) is 10.5. The van der Waals surface area contributed by atoms with E-state index < -0.39 is 5.97 Å². The number of aromatic carboxylic acids is 1. The standard InChI is InChI=1S/C12H15N5O2/c1-7-4-9(11(12(18)19)8(2)15-7)13-5-10-16-14-6-17(10)3/h4,6H,5H2,1-3H3,(H,13,15)(H,18,19). The maximum Gasteiger partial charge on any atom is 0.339 e. The number of hydrogen-bond donors (Lipinski definition) is 2. The Balaban J connectivity index is 2.29. The molecule has 2 rings (SSSR count). The van der Waals surface area contributed by atoms with Crippen LogP contribution in [0.1, 0.15) is 27.6 Å². The minimum absolute atomic E-state index is 0.188. The van der Waals surface area contributed by atoms with Crippen molar-refractivity contribution in [3.05, 3.63) is 35.2 Å². The van der Waals surface area contributed by atoms with Gasteiger partial charge in [-0.3, -0.25) is 4.98 Å². The van der Waals surface area contributed by atoms with Gasteiger partial charge in [0, 0.05) is 12.7 Å². The zero-order valence-corrected chi connectivity index (χ0v) is 11.0. The number of aryl methyl sites for hydroxylation is 3. The summed E-state index contributed by atoms with van der Waals surface area (Å²) in [6.07, 6.45) is 1.60. The van der Waals surface area contributed by atoms with Crippen LogP contribution in [0, 0.1) is 13.8 Å². The van der Waals surface area contributed by atoms with Crippen LogP contribution < -0.4 is 5.32 Å². The summed E-state index contributed by atoms with van der Waals surface area (Å²) in [7, 11) is 1.83. The molecule has 0 unspecified atom stereocenters. The fourth-order valence-electron chi connectivity index (χ4n) is 1.88. The molecule has 0 aliphatic heterocycles. The van der Waals surface area contributed by atoms with Crippen molar-refractivity contribution in [2.24, 2.45) is 7.05 Å². The lowest BCUT2D eigenvalue weighted by Crippen LogP contribution is -2.12. The molecule has 0 fully saturated rings. The van der Waals surface area contributed by atoms with Crippen molar-refractivity contribution in [1.82, 2.24) is 19.7 Å². The number of nitrogens with zero attached hydrogens (tertiary/aromatic N) is 4. The van der Waals surface area contributed by atoms with Crippen molar-refractivity contribution < 1.29 is 9.90 Å². The van der Waals surface area contributed by atoms with Gasteiger partial charge in [0.15, 0.2) is 5.82 Å². The maximum absolute atomic E-state index is 11.3. The topological polar surface area (TPSA) is 92.9 Å². The van der Waals surface area contributed by atoms with Crippen LogP contribution in [-0.2, 0) is 13.6 Å². The highest BCUT2D eigenvalue weighted by Crippen LogP contribution is 2.20. The minimum atomic E-state index is -0.995. The minimum Gasteiger partial charge on any atom is -0.478 e. The van der Waals surface area contributed by atoms with Crippen LogP contribution in [-0.4, -0.2) is 30.8 Å². The summed E-state index contributed by atoms with van der Waals surface area (Å²) in [5.41, 5.74) is 1.99. The molecule has 7 heteroatoms. The van der Waals surface area contributed by atoms with Gasteiger partial charge in [0.25, 0.3) is 0 Å². The van der Waals surface area contributed by atoms with E-state index in [0.29, 0.717) is 17.9 Å². The van der Waals surface area contributed by atoms with Crippen molar-refractivity contribution in [2.75, 3.05) is 5.32 Å². The first-order valence-corrected chi connectivity index (χ1v) is 5.77. The fraction of sp³-hybridized carbons (Fsp3) is 0.333. The Kier molecular flexibility index (Phi) is 3.46. The predicted molar refractivity (Wildman–Crippen MR) is 69.0 cm³/mol. The molecule has 0 amide bonds. The summed E-state index contributed by atoms with van der Waals surface area (Å²) in [4.78, 5) is 15.4. The van der Waals surface area contributed by atoms with E-state index in [0.717, 1.165) is 11.5 Å². The summed E-state index contributed by atoms with van der Waals surface area (Å²) in [5, 5.41) is 20.0. The van der Waals surface area contributed by atoms with Gasteiger partial charge in [-0.15, -0.1) is 10.2 Å². The van der Waals surface area contributed by atoms with Crippen LogP contribution in [0.3, 0.4) is 0 Å². The fourth-order valence-corrected chi connectivity index (χ4v) is 1.88. The summed E-state index contributed by atoms with van der Waals surface area (Å²) in [5.74, 6) is -0.270. The monoisotopic (exact) mass is 261 g/mol. The number of nitrogens with one attached hydrogen (secondary N) is 1. The molecule has 0 spiro atoms. The van der Waals surface area contributed by atoms with E-state index in [2.05, 4.69) is 20.5 Å². The third-order valence-electron chi connectivity index (χ3n) is 2.78. The molecule has 2 aromatic heterocycles. The number of carboxylic acid groups (broad SMARTS) is 1. The molecule has 2 N–H and O–H groups in total. The molecule has 0 bridgehead atoms. The van der Waals surface area contributed by atoms with Gasteiger partial charge < -0.3 is 15.0 Å². The molecule has 0 saturated heterocycles. The second-order valence-corrected chi connectivity index (χ2v) is 4.29. The number of carboxylic acids is 1. The predicted octanol–water partition coefficient (Wildman–Crippen LogP) is 1.14. The van der Waals surface area contributed by atoms with Crippen molar-refractivity contribution >= 4 is 11.7 Å². The number of aromatic nitrogens is 4. The van der Waals surface area contributed by atoms with E-state index in [1.54, 1.807) is 23.9 Å². The lowest BCUT2D eigenvalue weighted by atomic mass is 10.1. The highest BCUT2D eigenvalue weighted by molar-refractivity contribution is 5.95. The van der Waals surface area contributed by atoms with Gasteiger partial charge in [-0.05, 0) is 19.9 Å². The first kappa shape index (κ1) is 13.0. The number of rotatable bonds is 4. The van der Waals surface area contributed by atoms with Crippen molar-refractivity contribution in [1.29, 1.82) is 0 Å². The second-order valence-electron chi connectivity index (χ2n) is 4.29. The Labute approximate surface area is 110 Å². The molecule has 0 aliphatic rings. The molecule has 0 atom stereocenters. The number of hydrogen-bond acceptors (Lipinski definition) is 5. The number of carbonyl (C=O) groups is 1. The van der Waals surface area contributed by atoms with Gasteiger partial charge >= 0.3 is 5.97 Å². The summed E-state index contributed by atoms with van der Waals surface area (Å²) < 4.78 is 1.77. The Morgan fingerprint density at radius 2 is 2.21 bits per heavy atom. The molecular formula is C12H15N5O2. The van der Waals surface area contributed by atoms with Crippen molar-refractivity contribution in [3.63, 3.8) is 0 Å². The molecular weight excluding hydrogens is 246 g/mol. The first-order valence-electron chi connectivity index (χ1n) is 5.77. The van der Waals surface area contributed by atoms with Gasteiger partial charge in [0.05, 0.1) is 17.9 Å². The van der Waals surface area contributed by atoms with E-state index in [-0.39, 0.29) is 5.56 Å². The quantitative estimate of drug-likeness (QED) is 0.857. The number of pyridine rings is 1. The van der Waals surface area contributed by atoms with E-state index in [1.807, 2.05) is 14.0 Å². The Morgan fingerprint density at radius 3 is 2.79 bits per heavy atom. The van der Waals surface area contributed by atoms with Crippen LogP contribution in [0.25, 0.3) is 0 Å². The Hall–Kier alpha value is -2.44. The average Bonchev–Trinajstić information content (AvgIpc) is 2.70. The van der Waals surface area contributed by atoms with Gasteiger partial charge in [-0.25, -0.2) is 4.79 Å². The van der Waals surface area contributed by atoms with Gasteiger partial charge in [-0.1, -0.05) is 0 Å². The van der Waals surface area contributed by atoms with Crippen LogP contribution in [0.4, 0.5) is 5.69 Å². The third kappa shape index (κ3) is 2.70. The smallest absolute Gasteiger partial charge is 0.339 e. The zero-order valence-electron chi connectivity index (χ0n) is 11.0.